The standard InChI is InChI=1S/C5H5.2C2H3.Co/c1-2-4-5-3-1;2*1-2;/h1-3H,4H2;2*1H,2H2;/q3*-1;+3. The summed E-state index contributed by atoms with van der Waals surface area (Å²) in [6.45, 7) is 14.0. The van der Waals surface area contributed by atoms with Crippen molar-refractivity contribution in [1.82, 2.24) is 0 Å². The van der Waals surface area contributed by atoms with Gasteiger partial charge in [0, 0.05) is 0 Å². The molecule has 0 heterocycles. The van der Waals surface area contributed by atoms with E-state index in [0.717, 1.165) is 6.42 Å². The average Bonchev–Trinajstić information content (AvgIpc) is 2.51. The van der Waals surface area contributed by atoms with Crippen LogP contribution < -0.4 is 0 Å². The second-order valence-corrected chi connectivity index (χ2v) is 1.00. The minimum absolute atomic E-state index is 0. The van der Waals surface area contributed by atoms with Crippen LogP contribution >= 0.6 is 0 Å². The molecule has 0 aromatic heterocycles. The van der Waals surface area contributed by atoms with Gasteiger partial charge in [-0.25, -0.2) is 12.2 Å². The number of allylic oxidation sites excluding steroid dienone is 4. The Hall–Kier alpha value is -0.534. The first kappa shape index (κ1) is 16.2. The maximum absolute atomic E-state index is 4.25. The van der Waals surface area contributed by atoms with Gasteiger partial charge in [-0.05, 0) is 0 Å². The molecule has 0 fully saturated rings. The van der Waals surface area contributed by atoms with Crippen LogP contribution in [-0.2, 0) is 16.8 Å². The SMILES string of the molecule is [C-]1=CC=CC1.[CH-]=C.[CH-]=C.[Co+3]. The topological polar surface area (TPSA) is 0 Å². The average molecular weight is 178 g/mol. The second kappa shape index (κ2) is 23.7. The molecule has 0 unspecified atom stereocenters. The molecule has 0 saturated heterocycles. The number of hydrogen-bond acceptors (Lipinski definition) is 0. The van der Waals surface area contributed by atoms with Crippen molar-refractivity contribution in [3.63, 3.8) is 0 Å². The van der Waals surface area contributed by atoms with Gasteiger partial charge in [0.05, 0.1) is 0 Å². The van der Waals surface area contributed by atoms with E-state index in [1.807, 2.05) is 12.2 Å². The third kappa shape index (κ3) is 15.7. The minimum Gasteiger partial charge on any atom is -0.521 e. The molecule has 0 N–H and O–H groups in total. The molecule has 0 bridgehead atoms. The Balaban J connectivity index is -0.0000000875. The molecule has 0 aromatic carbocycles. The summed E-state index contributed by atoms with van der Waals surface area (Å²) in [5.74, 6) is 0. The first-order chi connectivity index (χ1) is 4.50. The normalized spacial score (nSPS) is 9.60. The molecular weight excluding hydrogens is 167 g/mol. The zero-order valence-electron chi connectivity index (χ0n) is 5.84. The van der Waals surface area contributed by atoms with Crippen LogP contribution in [0.5, 0.6) is 0 Å². The Labute approximate surface area is 74.2 Å². The summed E-state index contributed by atoms with van der Waals surface area (Å²) >= 11 is 0. The number of hydrogen-bond donors (Lipinski definition) is 0. The van der Waals surface area contributed by atoms with E-state index in [-0.39, 0.29) is 16.8 Å². The van der Waals surface area contributed by atoms with E-state index in [0.29, 0.717) is 0 Å². The van der Waals surface area contributed by atoms with E-state index in [4.69, 9.17) is 0 Å². The fraction of sp³-hybridized carbons (Fsp3) is 0.111. The van der Waals surface area contributed by atoms with Crippen molar-refractivity contribution in [3.05, 3.63) is 50.6 Å². The zero-order valence-corrected chi connectivity index (χ0v) is 6.88. The van der Waals surface area contributed by atoms with Gasteiger partial charge < -0.3 is 13.2 Å². The number of rotatable bonds is 0. The molecule has 0 amide bonds. The van der Waals surface area contributed by atoms with Gasteiger partial charge in [0.2, 0.25) is 0 Å². The molecule has 0 aromatic rings. The molecule has 1 rings (SSSR count). The summed E-state index contributed by atoms with van der Waals surface area (Å²) in [7, 11) is 0. The Morgan fingerprint density at radius 3 is 1.80 bits per heavy atom. The fourth-order valence-electron chi connectivity index (χ4n) is 0.340. The van der Waals surface area contributed by atoms with E-state index in [2.05, 4.69) is 38.5 Å². The van der Waals surface area contributed by atoms with Crippen LogP contribution in [0.25, 0.3) is 0 Å². The molecule has 56 valence electrons. The van der Waals surface area contributed by atoms with Gasteiger partial charge in [-0.15, -0.1) is 6.42 Å². The van der Waals surface area contributed by atoms with Crippen molar-refractivity contribution >= 4 is 0 Å². The summed E-state index contributed by atoms with van der Waals surface area (Å²) in [6, 6.07) is 0. The van der Waals surface area contributed by atoms with Crippen LogP contribution in [0.4, 0.5) is 0 Å². The summed E-state index contributed by atoms with van der Waals surface area (Å²) in [5, 5.41) is 0. The largest absolute Gasteiger partial charge is 3.00 e. The van der Waals surface area contributed by atoms with Crippen LogP contribution in [0.2, 0.25) is 0 Å². The molecule has 0 nitrogen and oxygen atoms in total. The summed E-state index contributed by atoms with van der Waals surface area (Å²) < 4.78 is 0. The van der Waals surface area contributed by atoms with Crippen LogP contribution in [0.15, 0.2) is 31.4 Å². The maximum Gasteiger partial charge on any atom is 3.00 e. The van der Waals surface area contributed by atoms with Gasteiger partial charge in [0.1, 0.15) is 0 Å². The Morgan fingerprint density at radius 2 is 1.70 bits per heavy atom. The molecule has 0 spiro atoms. The van der Waals surface area contributed by atoms with Crippen molar-refractivity contribution in [1.29, 1.82) is 0 Å². The molecule has 0 saturated carbocycles. The first-order valence-electron chi connectivity index (χ1n) is 2.53. The van der Waals surface area contributed by atoms with E-state index in [9.17, 15) is 0 Å². The molecule has 1 heteroatoms. The van der Waals surface area contributed by atoms with Crippen molar-refractivity contribution in [2.75, 3.05) is 0 Å². The monoisotopic (exact) mass is 178 g/mol. The molecule has 1 aliphatic carbocycles. The van der Waals surface area contributed by atoms with Crippen LogP contribution in [0.1, 0.15) is 6.42 Å². The predicted octanol–water partition coefficient (Wildman–Crippen LogP) is 2.51. The maximum atomic E-state index is 4.25. The summed E-state index contributed by atoms with van der Waals surface area (Å²) in [5.41, 5.74) is 0. The van der Waals surface area contributed by atoms with E-state index >= 15 is 0 Å². The third-order valence-corrected chi connectivity index (χ3v) is 0.586. The zero-order chi connectivity index (χ0) is 7.54. The van der Waals surface area contributed by atoms with Gasteiger partial charge >= 0.3 is 16.8 Å². The molecule has 0 atom stereocenters. The van der Waals surface area contributed by atoms with Gasteiger partial charge in [-0.3, -0.25) is 19.2 Å². The van der Waals surface area contributed by atoms with Crippen molar-refractivity contribution < 1.29 is 16.8 Å². The van der Waals surface area contributed by atoms with Crippen molar-refractivity contribution in [3.8, 4) is 0 Å². The quantitative estimate of drug-likeness (QED) is 0.500. The summed E-state index contributed by atoms with van der Waals surface area (Å²) in [4.78, 5) is 0. The van der Waals surface area contributed by atoms with Crippen LogP contribution in [0.3, 0.4) is 0 Å². The molecule has 0 aliphatic heterocycles. The predicted molar refractivity (Wildman–Crippen MR) is 41.4 cm³/mol. The fourth-order valence-corrected chi connectivity index (χ4v) is 0.340. The molecule has 10 heavy (non-hydrogen) atoms. The van der Waals surface area contributed by atoms with Crippen LogP contribution in [-0.4, -0.2) is 0 Å². The smallest absolute Gasteiger partial charge is 0.521 e. The van der Waals surface area contributed by atoms with E-state index in [1.165, 1.54) is 0 Å². The van der Waals surface area contributed by atoms with Crippen LogP contribution in [0, 0.1) is 19.2 Å². The summed E-state index contributed by atoms with van der Waals surface area (Å²) in [6.07, 6.45) is 10.0. The Bertz CT molecular complexity index is 80.9. The Kier molecular flexibility index (Phi) is 38.4. The Morgan fingerprint density at radius 1 is 1.20 bits per heavy atom. The van der Waals surface area contributed by atoms with E-state index in [1.54, 1.807) is 0 Å². The molecular formula is C9H11Co. The molecule has 1 aliphatic rings. The van der Waals surface area contributed by atoms with Crippen molar-refractivity contribution in [2.24, 2.45) is 0 Å². The van der Waals surface area contributed by atoms with Gasteiger partial charge in [-0.2, -0.15) is 6.08 Å². The van der Waals surface area contributed by atoms with Gasteiger partial charge in [0.15, 0.2) is 0 Å². The van der Waals surface area contributed by atoms with Gasteiger partial charge in [0.25, 0.3) is 0 Å². The van der Waals surface area contributed by atoms with Crippen molar-refractivity contribution in [2.45, 2.75) is 6.42 Å². The van der Waals surface area contributed by atoms with Gasteiger partial charge in [-0.1, -0.05) is 0 Å². The van der Waals surface area contributed by atoms with E-state index < -0.39 is 0 Å². The third-order valence-electron chi connectivity index (χ3n) is 0.586. The minimum atomic E-state index is 0. The second-order valence-electron chi connectivity index (χ2n) is 1.00. The first-order valence-corrected chi connectivity index (χ1v) is 2.53. The molecule has 0 radical (unpaired) electrons.